The van der Waals surface area contributed by atoms with E-state index in [1.165, 1.54) is 13.0 Å². The number of aromatic hydroxyl groups is 1. The topological polar surface area (TPSA) is 117 Å². The molecule has 8 heteroatoms. The minimum atomic E-state index is -0.731. The van der Waals surface area contributed by atoms with E-state index < -0.39 is 17.1 Å². The van der Waals surface area contributed by atoms with Crippen LogP contribution in [-0.4, -0.2) is 26.3 Å². The molecule has 0 aliphatic rings. The predicted octanol–water partition coefficient (Wildman–Crippen LogP) is 1.92. The van der Waals surface area contributed by atoms with Gasteiger partial charge in [-0.3, -0.25) is 24.1 Å². The first-order valence-corrected chi connectivity index (χ1v) is 8.00. The second kappa shape index (κ2) is 8.11. The summed E-state index contributed by atoms with van der Waals surface area (Å²) in [6.45, 7) is 6.71. The third kappa shape index (κ3) is 3.97. The van der Waals surface area contributed by atoms with Gasteiger partial charge in [-0.15, -0.1) is 6.58 Å². The third-order valence-electron chi connectivity index (χ3n) is 3.58. The standard InChI is InChI=1S/C18H20N4O4/c1-4-10-22-17(25)15(16(24)21-18(22)26)12(5-2)20-14-9-7-6-8-13(14)19-11(3)23/h4,6-9,25H,1,5,10H2,2-3H3,(H,19,23)(H,21,24,26). The molecule has 136 valence electrons. The molecule has 0 aliphatic heterocycles. The molecule has 0 bridgehead atoms. The van der Waals surface area contributed by atoms with Gasteiger partial charge in [-0.1, -0.05) is 25.1 Å². The minimum absolute atomic E-state index is 0.0356. The lowest BCUT2D eigenvalue weighted by Crippen LogP contribution is -2.33. The number of aromatic nitrogens is 2. The van der Waals surface area contributed by atoms with Gasteiger partial charge in [-0.25, -0.2) is 4.79 Å². The molecule has 0 saturated carbocycles. The number of nitrogens with zero attached hydrogens (tertiary/aromatic N) is 2. The quantitative estimate of drug-likeness (QED) is 0.541. The Morgan fingerprint density at radius 1 is 1.38 bits per heavy atom. The number of aromatic amines is 1. The van der Waals surface area contributed by atoms with Crippen LogP contribution in [0.25, 0.3) is 0 Å². The Balaban J connectivity index is 2.67. The molecule has 0 unspecified atom stereocenters. The van der Waals surface area contributed by atoms with E-state index in [4.69, 9.17) is 0 Å². The fourth-order valence-electron chi connectivity index (χ4n) is 2.44. The molecule has 2 aromatic rings. The maximum atomic E-state index is 12.3. The van der Waals surface area contributed by atoms with E-state index in [0.29, 0.717) is 17.8 Å². The van der Waals surface area contributed by atoms with Gasteiger partial charge in [0.2, 0.25) is 11.8 Å². The molecule has 0 aliphatic carbocycles. The molecule has 0 spiro atoms. The largest absolute Gasteiger partial charge is 0.494 e. The van der Waals surface area contributed by atoms with Gasteiger partial charge in [0.25, 0.3) is 5.56 Å². The number of hydrogen-bond acceptors (Lipinski definition) is 5. The van der Waals surface area contributed by atoms with E-state index in [1.807, 2.05) is 0 Å². The molecular formula is C18H20N4O4. The van der Waals surface area contributed by atoms with Crippen LogP contribution >= 0.6 is 0 Å². The highest BCUT2D eigenvalue weighted by Gasteiger charge is 2.18. The fraction of sp³-hybridized carbons (Fsp3) is 0.222. The number of H-pyrrole nitrogens is 1. The second-order valence-electron chi connectivity index (χ2n) is 5.47. The van der Waals surface area contributed by atoms with E-state index in [-0.39, 0.29) is 23.7 Å². The van der Waals surface area contributed by atoms with Crippen LogP contribution in [0.3, 0.4) is 0 Å². The number of benzene rings is 1. The molecule has 0 atom stereocenters. The summed E-state index contributed by atoms with van der Waals surface area (Å²) in [5.41, 5.74) is -0.372. The Labute approximate surface area is 149 Å². The number of hydrogen-bond donors (Lipinski definition) is 3. The number of carbonyl (C=O) groups excluding carboxylic acids is 1. The molecular weight excluding hydrogens is 336 g/mol. The van der Waals surface area contributed by atoms with Crippen LogP contribution in [0.2, 0.25) is 0 Å². The van der Waals surface area contributed by atoms with Crippen molar-refractivity contribution in [1.29, 1.82) is 0 Å². The first-order valence-electron chi connectivity index (χ1n) is 8.00. The van der Waals surface area contributed by atoms with Crippen LogP contribution in [0.1, 0.15) is 25.8 Å². The van der Waals surface area contributed by atoms with Crippen LogP contribution in [0.4, 0.5) is 11.4 Å². The van der Waals surface area contributed by atoms with Gasteiger partial charge in [0.1, 0.15) is 5.56 Å². The summed E-state index contributed by atoms with van der Waals surface area (Å²) in [5.74, 6) is -0.734. The molecule has 1 heterocycles. The van der Waals surface area contributed by atoms with Gasteiger partial charge in [-0.2, -0.15) is 0 Å². The van der Waals surface area contributed by atoms with Crippen molar-refractivity contribution < 1.29 is 9.90 Å². The van der Waals surface area contributed by atoms with Crippen molar-refractivity contribution in [2.45, 2.75) is 26.8 Å². The van der Waals surface area contributed by atoms with Crippen molar-refractivity contribution in [3.63, 3.8) is 0 Å². The first-order chi connectivity index (χ1) is 12.4. The van der Waals surface area contributed by atoms with Crippen LogP contribution in [0, 0.1) is 0 Å². The van der Waals surface area contributed by atoms with E-state index in [1.54, 1.807) is 31.2 Å². The fourth-order valence-corrected chi connectivity index (χ4v) is 2.44. The van der Waals surface area contributed by atoms with Gasteiger partial charge in [0, 0.05) is 13.5 Å². The van der Waals surface area contributed by atoms with Crippen molar-refractivity contribution in [3.05, 3.63) is 63.3 Å². The van der Waals surface area contributed by atoms with Crippen LogP contribution in [0.5, 0.6) is 5.88 Å². The zero-order valence-corrected chi connectivity index (χ0v) is 14.6. The van der Waals surface area contributed by atoms with Crippen molar-refractivity contribution in [2.75, 3.05) is 5.32 Å². The minimum Gasteiger partial charge on any atom is -0.494 e. The molecule has 1 amide bonds. The zero-order chi connectivity index (χ0) is 19.3. The van der Waals surface area contributed by atoms with E-state index in [9.17, 15) is 19.5 Å². The Kier molecular flexibility index (Phi) is 5.90. The van der Waals surface area contributed by atoms with Crippen LogP contribution < -0.4 is 16.6 Å². The molecule has 2 rings (SSSR count). The molecule has 1 aromatic heterocycles. The normalized spacial score (nSPS) is 11.2. The summed E-state index contributed by atoms with van der Waals surface area (Å²) in [7, 11) is 0. The number of carbonyl (C=O) groups is 1. The Hall–Kier alpha value is -3.42. The first kappa shape index (κ1) is 18.9. The average Bonchev–Trinajstić information content (AvgIpc) is 2.58. The number of aliphatic imine (C=N–C) groups is 1. The number of para-hydroxylation sites is 2. The Bertz CT molecular complexity index is 985. The molecule has 0 radical (unpaired) electrons. The average molecular weight is 356 g/mol. The van der Waals surface area contributed by atoms with Crippen molar-refractivity contribution >= 4 is 23.0 Å². The molecule has 8 nitrogen and oxygen atoms in total. The lowest BCUT2D eigenvalue weighted by Gasteiger charge is -2.12. The van der Waals surface area contributed by atoms with Crippen LogP contribution in [-0.2, 0) is 11.3 Å². The summed E-state index contributed by atoms with van der Waals surface area (Å²) in [6.07, 6.45) is 1.75. The molecule has 1 aromatic carbocycles. The van der Waals surface area contributed by atoms with Gasteiger partial charge >= 0.3 is 5.69 Å². The van der Waals surface area contributed by atoms with Crippen molar-refractivity contribution in [1.82, 2.24) is 9.55 Å². The lowest BCUT2D eigenvalue weighted by atomic mass is 10.1. The highest BCUT2D eigenvalue weighted by molar-refractivity contribution is 6.04. The smallest absolute Gasteiger partial charge is 0.331 e. The Morgan fingerprint density at radius 3 is 2.69 bits per heavy atom. The number of allylic oxidation sites excluding steroid dienone is 1. The molecule has 0 fully saturated rings. The highest BCUT2D eigenvalue weighted by Crippen LogP contribution is 2.26. The summed E-state index contributed by atoms with van der Waals surface area (Å²) in [4.78, 5) is 42.1. The molecule has 0 saturated heterocycles. The second-order valence-corrected chi connectivity index (χ2v) is 5.47. The SMILES string of the molecule is C=CCn1c(O)c(C(CC)=Nc2ccccc2NC(C)=O)c(=O)[nH]c1=O. The number of amides is 1. The summed E-state index contributed by atoms with van der Waals surface area (Å²) >= 11 is 0. The van der Waals surface area contributed by atoms with Crippen molar-refractivity contribution in [3.8, 4) is 5.88 Å². The molecule has 26 heavy (non-hydrogen) atoms. The summed E-state index contributed by atoms with van der Waals surface area (Å²) in [5, 5.41) is 13.1. The molecule has 3 N–H and O–H groups in total. The zero-order valence-electron chi connectivity index (χ0n) is 14.6. The maximum absolute atomic E-state index is 12.3. The highest BCUT2D eigenvalue weighted by atomic mass is 16.3. The predicted molar refractivity (Wildman–Crippen MR) is 100 cm³/mol. The van der Waals surface area contributed by atoms with E-state index in [2.05, 4.69) is 21.9 Å². The van der Waals surface area contributed by atoms with Crippen molar-refractivity contribution in [2.24, 2.45) is 4.99 Å². The summed E-state index contributed by atoms with van der Waals surface area (Å²) < 4.78 is 0.995. The van der Waals surface area contributed by atoms with Gasteiger partial charge in [0.05, 0.1) is 17.1 Å². The Morgan fingerprint density at radius 2 is 2.08 bits per heavy atom. The number of nitrogens with one attached hydrogen (secondary N) is 2. The van der Waals surface area contributed by atoms with E-state index in [0.717, 1.165) is 4.57 Å². The van der Waals surface area contributed by atoms with Gasteiger partial charge < -0.3 is 10.4 Å². The summed E-state index contributed by atoms with van der Waals surface area (Å²) in [6, 6.07) is 6.83. The third-order valence-corrected chi connectivity index (χ3v) is 3.58. The maximum Gasteiger partial charge on any atom is 0.331 e. The van der Waals surface area contributed by atoms with Crippen LogP contribution in [0.15, 0.2) is 51.5 Å². The van der Waals surface area contributed by atoms with Gasteiger partial charge in [-0.05, 0) is 18.6 Å². The van der Waals surface area contributed by atoms with E-state index >= 15 is 0 Å². The van der Waals surface area contributed by atoms with Gasteiger partial charge in [0.15, 0.2) is 0 Å². The monoisotopic (exact) mass is 356 g/mol. The lowest BCUT2D eigenvalue weighted by molar-refractivity contribution is -0.114. The number of anilines is 1. The number of rotatable bonds is 6.